The van der Waals surface area contributed by atoms with Gasteiger partial charge in [-0.1, -0.05) is 36.7 Å². The van der Waals surface area contributed by atoms with Crippen LogP contribution in [0.1, 0.15) is 59.3 Å². The number of alkyl halides is 1. The number of ether oxygens (including phenoxy) is 1. The van der Waals surface area contributed by atoms with Crippen LogP contribution < -0.4 is 0 Å². The summed E-state index contributed by atoms with van der Waals surface area (Å²) >= 11 is 3.90. The second-order valence-electron chi connectivity index (χ2n) is 7.02. The Morgan fingerprint density at radius 3 is 2.53 bits per heavy atom. The van der Waals surface area contributed by atoms with Gasteiger partial charge in [0.25, 0.3) is 0 Å². The van der Waals surface area contributed by atoms with Crippen LogP contribution in [0.5, 0.6) is 0 Å². The third kappa shape index (κ3) is 3.70. The highest BCUT2D eigenvalue weighted by molar-refractivity contribution is 9.09. The number of hydrogen-bond donors (Lipinski definition) is 0. The first-order valence-corrected chi connectivity index (χ1v) is 8.14. The molecule has 4 atom stereocenters. The maximum Gasteiger partial charge on any atom is 0.0579 e. The zero-order chi connectivity index (χ0) is 12.5. The number of halogens is 1. The fraction of sp³-hybridized carbons (Fsp3) is 1.00. The molecule has 0 aromatic carbocycles. The standard InChI is InChI=1S/C15H27BrO/c1-15(2,3)12-6-7-14(16)11(9-12)10-13-5-4-8-17-13/h11-14H,4-10H2,1-3H3. The zero-order valence-electron chi connectivity index (χ0n) is 11.5. The fourth-order valence-corrected chi connectivity index (χ4v) is 4.12. The number of rotatable bonds is 2. The van der Waals surface area contributed by atoms with Gasteiger partial charge in [-0.05, 0) is 55.8 Å². The van der Waals surface area contributed by atoms with Gasteiger partial charge < -0.3 is 4.74 Å². The summed E-state index contributed by atoms with van der Waals surface area (Å²) in [6.45, 7) is 8.19. The minimum atomic E-state index is 0.474. The second-order valence-corrected chi connectivity index (χ2v) is 8.20. The lowest BCUT2D eigenvalue weighted by atomic mass is 9.68. The highest BCUT2D eigenvalue weighted by atomic mass is 79.9. The monoisotopic (exact) mass is 302 g/mol. The fourth-order valence-electron chi connectivity index (χ4n) is 3.43. The Hall–Kier alpha value is 0.440. The molecule has 0 aromatic heterocycles. The Balaban J connectivity index is 1.90. The predicted octanol–water partition coefficient (Wildman–Crippen LogP) is 4.78. The molecule has 1 heterocycles. The molecule has 1 saturated carbocycles. The Morgan fingerprint density at radius 1 is 1.18 bits per heavy atom. The Morgan fingerprint density at radius 2 is 1.94 bits per heavy atom. The summed E-state index contributed by atoms with van der Waals surface area (Å²) in [5, 5.41) is 0. The van der Waals surface area contributed by atoms with Crippen LogP contribution in [-0.2, 0) is 4.74 Å². The lowest BCUT2D eigenvalue weighted by molar-refractivity contribution is 0.0669. The van der Waals surface area contributed by atoms with Gasteiger partial charge in [-0.2, -0.15) is 0 Å². The molecule has 2 heteroatoms. The van der Waals surface area contributed by atoms with Gasteiger partial charge in [-0.3, -0.25) is 0 Å². The molecule has 0 radical (unpaired) electrons. The van der Waals surface area contributed by atoms with Gasteiger partial charge in [0.15, 0.2) is 0 Å². The van der Waals surface area contributed by atoms with E-state index in [1.807, 2.05) is 0 Å². The van der Waals surface area contributed by atoms with Gasteiger partial charge in [0.1, 0.15) is 0 Å². The van der Waals surface area contributed by atoms with Crippen molar-refractivity contribution in [3.8, 4) is 0 Å². The van der Waals surface area contributed by atoms with Crippen LogP contribution in [0.25, 0.3) is 0 Å². The molecule has 2 rings (SSSR count). The van der Waals surface area contributed by atoms with Gasteiger partial charge in [0.05, 0.1) is 6.10 Å². The number of hydrogen-bond acceptors (Lipinski definition) is 1. The minimum absolute atomic E-state index is 0.474. The third-order valence-electron chi connectivity index (χ3n) is 4.70. The summed E-state index contributed by atoms with van der Waals surface area (Å²) < 4.78 is 5.80. The van der Waals surface area contributed by atoms with Crippen molar-refractivity contribution in [2.24, 2.45) is 17.3 Å². The molecule has 0 N–H and O–H groups in total. The van der Waals surface area contributed by atoms with Crippen molar-refractivity contribution in [3.63, 3.8) is 0 Å². The van der Waals surface area contributed by atoms with E-state index in [0.717, 1.165) is 23.3 Å². The van der Waals surface area contributed by atoms with Crippen LogP contribution in [0.3, 0.4) is 0 Å². The SMILES string of the molecule is CC(C)(C)C1CCC(Br)C(CC2CCCO2)C1. The van der Waals surface area contributed by atoms with E-state index in [4.69, 9.17) is 4.74 Å². The summed E-state index contributed by atoms with van der Waals surface area (Å²) in [4.78, 5) is 0.727. The highest BCUT2D eigenvalue weighted by Crippen LogP contribution is 2.44. The van der Waals surface area contributed by atoms with Crippen LogP contribution >= 0.6 is 15.9 Å². The van der Waals surface area contributed by atoms with E-state index < -0.39 is 0 Å². The summed E-state index contributed by atoms with van der Waals surface area (Å²) in [5.41, 5.74) is 0.474. The van der Waals surface area contributed by atoms with Crippen molar-refractivity contribution >= 4 is 15.9 Å². The Labute approximate surface area is 115 Å². The first kappa shape index (κ1) is 13.9. The van der Waals surface area contributed by atoms with Gasteiger partial charge in [0, 0.05) is 11.4 Å². The molecule has 2 fully saturated rings. The van der Waals surface area contributed by atoms with E-state index in [1.54, 1.807) is 0 Å². The average Bonchev–Trinajstić information content (AvgIpc) is 2.72. The Bertz CT molecular complexity index is 240. The lowest BCUT2D eigenvalue weighted by Gasteiger charge is -2.40. The molecule has 1 nitrogen and oxygen atoms in total. The van der Waals surface area contributed by atoms with Crippen LogP contribution in [-0.4, -0.2) is 17.5 Å². The molecule has 0 aromatic rings. The average molecular weight is 303 g/mol. The second kappa shape index (κ2) is 5.61. The molecular formula is C15H27BrO. The van der Waals surface area contributed by atoms with Crippen molar-refractivity contribution < 1.29 is 4.74 Å². The van der Waals surface area contributed by atoms with Crippen molar-refractivity contribution in [1.29, 1.82) is 0 Å². The molecule has 1 aliphatic carbocycles. The van der Waals surface area contributed by atoms with Gasteiger partial charge in [-0.15, -0.1) is 0 Å². The van der Waals surface area contributed by atoms with Crippen molar-refractivity contribution in [2.75, 3.05) is 6.61 Å². The van der Waals surface area contributed by atoms with Gasteiger partial charge >= 0.3 is 0 Å². The smallest absolute Gasteiger partial charge is 0.0579 e. The molecule has 1 saturated heterocycles. The van der Waals surface area contributed by atoms with Crippen LogP contribution in [0.2, 0.25) is 0 Å². The van der Waals surface area contributed by atoms with E-state index in [1.165, 1.54) is 38.5 Å². The largest absolute Gasteiger partial charge is 0.378 e. The van der Waals surface area contributed by atoms with Crippen LogP contribution in [0.4, 0.5) is 0 Å². The molecule has 0 spiro atoms. The van der Waals surface area contributed by atoms with E-state index in [2.05, 4.69) is 36.7 Å². The highest BCUT2D eigenvalue weighted by Gasteiger charge is 2.36. The Kier molecular flexibility index (Phi) is 4.57. The van der Waals surface area contributed by atoms with Crippen molar-refractivity contribution in [2.45, 2.75) is 70.2 Å². The lowest BCUT2D eigenvalue weighted by Crippen LogP contribution is -2.33. The van der Waals surface area contributed by atoms with Crippen molar-refractivity contribution in [1.82, 2.24) is 0 Å². The summed E-state index contributed by atoms with van der Waals surface area (Å²) in [7, 11) is 0. The van der Waals surface area contributed by atoms with E-state index in [0.29, 0.717) is 11.5 Å². The molecule has 1 aliphatic heterocycles. The topological polar surface area (TPSA) is 9.23 Å². The first-order valence-electron chi connectivity index (χ1n) is 7.22. The van der Waals surface area contributed by atoms with Gasteiger partial charge in [-0.25, -0.2) is 0 Å². The third-order valence-corrected chi connectivity index (χ3v) is 5.91. The molecule has 100 valence electrons. The van der Waals surface area contributed by atoms with Crippen molar-refractivity contribution in [3.05, 3.63) is 0 Å². The summed E-state index contributed by atoms with van der Waals surface area (Å²) in [6, 6.07) is 0. The maximum absolute atomic E-state index is 5.80. The molecule has 0 amide bonds. The normalized spacial score (nSPS) is 39.5. The van der Waals surface area contributed by atoms with Crippen LogP contribution in [0, 0.1) is 17.3 Å². The molecule has 4 unspecified atom stereocenters. The zero-order valence-corrected chi connectivity index (χ0v) is 13.1. The van der Waals surface area contributed by atoms with Crippen LogP contribution in [0.15, 0.2) is 0 Å². The maximum atomic E-state index is 5.80. The first-order chi connectivity index (χ1) is 7.97. The van der Waals surface area contributed by atoms with E-state index in [-0.39, 0.29) is 0 Å². The molecular weight excluding hydrogens is 276 g/mol. The predicted molar refractivity (Wildman–Crippen MR) is 76.6 cm³/mol. The minimum Gasteiger partial charge on any atom is -0.378 e. The summed E-state index contributed by atoms with van der Waals surface area (Å²) in [6.07, 6.45) is 8.52. The quantitative estimate of drug-likeness (QED) is 0.667. The van der Waals surface area contributed by atoms with E-state index in [9.17, 15) is 0 Å². The molecule has 2 aliphatic rings. The van der Waals surface area contributed by atoms with Gasteiger partial charge in [0.2, 0.25) is 0 Å². The molecule has 17 heavy (non-hydrogen) atoms. The molecule has 0 bridgehead atoms. The van der Waals surface area contributed by atoms with E-state index >= 15 is 0 Å². The summed E-state index contributed by atoms with van der Waals surface area (Å²) in [5.74, 6) is 1.72.